The molecular weight excluding hydrogens is 214 g/mol. The Kier molecular flexibility index (Phi) is 6.74. The van der Waals surface area contributed by atoms with Gasteiger partial charge >= 0.3 is 11.9 Å². The maximum absolute atomic E-state index is 11.2. The summed E-state index contributed by atoms with van der Waals surface area (Å²) in [6.45, 7) is 3.68. The summed E-state index contributed by atoms with van der Waals surface area (Å²) in [5.41, 5.74) is -0.824. The number of carbonyl (C=O) groups is 3. The molecule has 6 heteroatoms. The fraction of sp³-hybridized carbons (Fsp3) is 0.600. The zero-order chi connectivity index (χ0) is 12.6. The second-order valence-electron chi connectivity index (χ2n) is 2.92. The third kappa shape index (κ3) is 5.23. The molecule has 0 aromatic carbocycles. The van der Waals surface area contributed by atoms with Crippen LogP contribution in [-0.2, 0) is 23.9 Å². The van der Waals surface area contributed by atoms with Crippen molar-refractivity contribution in [1.82, 2.24) is 0 Å². The van der Waals surface area contributed by atoms with Crippen molar-refractivity contribution in [2.75, 3.05) is 13.2 Å². The molecule has 0 aliphatic carbocycles. The van der Waals surface area contributed by atoms with Crippen molar-refractivity contribution in [3.8, 4) is 0 Å². The van der Waals surface area contributed by atoms with Gasteiger partial charge in [-0.3, -0.25) is 15.0 Å². The average molecular weight is 229 g/mol. The Labute approximate surface area is 93.4 Å². The van der Waals surface area contributed by atoms with Crippen LogP contribution in [0.5, 0.6) is 0 Å². The maximum Gasteiger partial charge on any atom is 0.359 e. The molecule has 0 bridgehead atoms. The monoisotopic (exact) mass is 229 g/mol. The molecule has 0 rings (SSSR count). The van der Waals surface area contributed by atoms with E-state index < -0.39 is 29.9 Å². The number of nitrogens with one attached hydrogen (secondary N) is 1. The van der Waals surface area contributed by atoms with Crippen LogP contribution >= 0.6 is 0 Å². The first-order chi connectivity index (χ1) is 7.52. The topological polar surface area (TPSA) is 93.5 Å². The summed E-state index contributed by atoms with van der Waals surface area (Å²) < 4.78 is 9.09. The Morgan fingerprint density at radius 1 is 1.12 bits per heavy atom. The number of carbonyl (C=O) groups excluding carboxylic acids is 3. The minimum atomic E-state index is -1.02. The van der Waals surface area contributed by atoms with E-state index in [9.17, 15) is 14.4 Å². The van der Waals surface area contributed by atoms with E-state index in [1.165, 1.54) is 0 Å². The molecule has 16 heavy (non-hydrogen) atoms. The standard InChI is InChI=1S/C10H15NO5/c1-3-5-16-8(13)6-7(12)9(11)10(14)15-4-2/h11H,3-6H2,1-2H3. The van der Waals surface area contributed by atoms with Crippen LogP contribution in [0.1, 0.15) is 26.7 Å². The summed E-state index contributed by atoms with van der Waals surface area (Å²) >= 11 is 0. The lowest BCUT2D eigenvalue weighted by molar-refractivity contribution is -0.145. The van der Waals surface area contributed by atoms with Gasteiger partial charge in [0.2, 0.25) is 0 Å². The third-order valence-electron chi connectivity index (χ3n) is 1.53. The van der Waals surface area contributed by atoms with Crippen LogP contribution in [0.3, 0.4) is 0 Å². The summed E-state index contributed by atoms with van der Waals surface area (Å²) in [7, 11) is 0. The molecule has 0 radical (unpaired) electrons. The molecule has 0 aliphatic heterocycles. The van der Waals surface area contributed by atoms with Gasteiger partial charge in [0.25, 0.3) is 0 Å². The van der Waals surface area contributed by atoms with Crippen molar-refractivity contribution in [2.45, 2.75) is 26.7 Å². The molecule has 0 aromatic rings. The molecule has 0 spiro atoms. The molecule has 0 fully saturated rings. The van der Waals surface area contributed by atoms with Crippen LogP contribution in [-0.4, -0.2) is 36.6 Å². The minimum absolute atomic E-state index is 0.0781. The fourth-order valence-electron chi connectivity index (χ4n) is 0.804. The number of hydrogen-bond acceptors (Lipinski definition) is 6. The number of esters is 2. The highest BCUT2D eigenvalue weighted by Gasteiger charge is 2.22. The lowest BCUT2D eigenvalue weighted by atomic mass is 10.2. The van der Waals surface area contributed by atoms with E-state index in [4.69, 9.17) is 5.41 Å². The molecule has 6 nitrogen and oxygen atoms in total. The van der Waals surface area contributed by atoms with Crippen molar-refractivity contribution in [1.29, 1.82) is 5.41 Å². The minimum Gasteiger partial charge on any atom is -0.465 e. The second-order valence-corrected chi connectivity index (χ2v) is 2.92. The fourth-order valence-corrected chi connectivity index (χ4v) is 0.804. The highest BCUT2D eigenvalue weighted by atomic mass is 16.5. The van der Waals surface area contributed by atoms with Gasteiger partial charge in [0, 0.05) is 0 Å². The van der Waals surface area contributed by atoms with E-state index in [0.29, 0.717) is 6.42 Å². The van der Waals surface area contributed by atoms with Crippen LogP contribution in [0.2, 0.25) is 0 Å². The van der Waals surface area contributed by atoms with Crippen LogP contribution in [0.4, 0.5) is 0 Å². The van der Waals surface area contributed by atoms with Crippen molar-refractivity contribution >= 4 is 23.4 Å². The Balaban J connectivity index is 4.10. The molecule has 0 saturated carbocycles. The molecular formula is C10H15NO5. The predicted molar refractivity (Wildman–Crippen MR) is 55.2 cm³/mol. The van der Waals surface area contributed by atoms with Gasteiger partial charge < -0.3 is 9.47 Å². The van der Waals surface area contributed by atoms with Gasteiger partial charge in [-0.25, -0.2) is 4.79 Å². The quantitative estimate of drug-likeness (QED) is 0.389. The van der Waals surface area contributed by atoms with Gasteiger partial charge in [-0.1, -0.05) is 6.92 Å². The smallest absolute Gasteiger partial charge is 0.359 e. The van der Waals surface area contributed by atoms with Crippen molar-refractivity contribution in [3.63, 3.8) is 0 Å². The van der Waals surface area contributed by atoms with E-state index in [0.717, 1.165) is 0 Å². The van der Waals surface area contributed by atoms with Gasteiger partial charge in [-0.2, -0.15) is 0 Å². The zero-order valence-corrected chi connectivity index (χ0v) is 9.37. The predicted octanol–water partition coefficient (Wildman–Crippen LogP) is 0.482. The first-order valence-electron chi connectivity index (χ1n) is 4.97. The zero-order valence-electron chi connectivity index (χ0n) is 9.37. The molecule has 0 unspecified atom stereocenters. The number of ether oxygens (including phenoxy) is 2. The van der Waals surface area contributed by atoms with Gasteiger partial charge in [-0.05, 0) is 13.3 Å². The van der Waals surface area contributed by atoms with Crippen molar-refractivity contribution in [2.24, 2.45) is 0 Å². The van der Waals surface area contributed by atoms with Crippen LogP contribution in [0.15, 0.2) is 0 Å². The van der Waals surface area contributed by atoms with E-state index in [-0.39, 0.29) is 13.2 Å². The summed E-state index contributed by atoms with van der Waals surface area (Å²) in [5.74, 6) is -2.64. The summed E-state index contributed by atoms with van der Waals surface area (Å²) in [6.07, 6.45) is 0.0485. The Bertz CT molecular complexity index is 298. The van der Waals surface area contributed by atoms with E-state index in [1.807, 2.05) is 6.92 Å². The van der Waals surface area contributed by atoms with Crippen molar-refractivity contribution < 1.29 is 23.9 Å². The Hall–Kier alpha value is -1.72. The van der Waals surface area contributed by atoms with Crippen LogP contribution in [0, 0.1) is 5.41 Å². The lowest BCUT2D eigenvalue weighted by Gasteiger charge is -2.03. The molecule has 0 amide bonds. The highest BCUT2D eigenvalue weighted by Crippen LogP contribution is 1.94. The lowest BCUT2D eigenvalue weighted by Crippen LogP contribution is -2.27. The van der Waals surface area contributed by atoms with Gasteiger partial charge in [0.05, 0.1) is 13.2 Å². The third-order valence-corrected chi connectivity index (χ3v) is 1.53. The number of hydrogen-bond donors (Lipinski definition) is 1. The first kappa shape index (κ1) is 14.3. The Morgan fingerprint density at radius 2 is 1.75 bits per heavy atom. The van der Waals surface area contributed by atoms with Gasteiger partial charge in [-0.15, -0.1) is 0 Å². The second kappa shape index (κ2) is 7.56. The Morgan fingerprint density at radius 3 is 2.25 bits per heavy atom. The van der Waals surface area contributed by atoms with Gasteiger partial charge in [0.15, 0.2) is 11.5 Å². The number of ketones is 1. The molecule has 0 saturated heterocycles. The number of rotatable bonds is 7. The average Bonchev–Trinajstić information content (AvgIpc) is 2.25. The van der Waals surface area contributed by atoms with E-state index >= 15 is 0 Å². The highest BCUT2D eigenvalue weighted by molar-refractivity contribution is 6.64. The summed E-state index contributed by atoms with van der Waals surface area (Å²) in [4.78, 5) is 33.2. The summed E-state index contributed by atoms with van der Waals surface area (Å²) in [5, 5.41) is 7.14. The van der Waals surface area contributed by atoms with Crippen LogP contribution in [0.25, 0.3) is 0 Å². The molecule has 0 atom stereocenters. The molecule has 0 aliphatic rings. The van der Waals surface area contributed by atoms with Crippen molar-refractivity contribution in [3.05, 3.63) is 0 Å². The normalized spacial score (nSPS) is 9.38. The van der Waals surface area contributed by atoms with Gasteiger partial charge in [0.1, 0.15) is 6.42 Å². The molecule has 0 aromatic heterocycles. The maximum atomic E-state index is 11.2. The molecule has 90 valence electrons. The van der Waals surface area contributed by atoms with E-state index in [1.54, 1.807) is 6.92 Å². The molecule has 0 heterocycles. The van der Waals surface area contributed by atoms with E-state index in [2.05, 4.69) is 9.47 Å². The first-order valence-corrected chi connectivity index (χ1v) is 4.97. The number of Topliss-reactive ketones (excluding diaryl/α,β-unsaturated/α-hetero) is 1. The van der Waals surface area contributed by atoms with Crippen LogP contribution < -0.4 is 0 Å². The SMILES string of the molecule is CCCOC(=O)CC(=O)C(=N)C(=O)OCC. The largest absolute Gasteiger partial charge is 0.465 e. The summed E-state index contributed by atoms with van der Waals surface area (Å²) in [6, 6.07) is 0. The molecule has 1 N–H and O–H groups in total.